The molecule has 1 fully saturated rings. The highest BCUT2D eigenvalue weighted by molar-refractivity contribution is 7.80. The van der Waals surface area contributed by atoms with Crippen LogP contribution in [-0.2, 0) is 5.54 Å². The predicted molar refractivity (Wildman–Crippen MR) is 113 cm³/mol. The van der Waals surface area contributed by atoms with Crippen molar-refractivity contribution in [2.45, 2.75) is 58.1 Å². The van der Waals surface area contributed by atoms with E-state index in [1.165, 1.54) is 24.0 Å². The molecule has 0 heterocycles. The smallest absolute Gasteiger partial charge is 0.171 e. The number of hydrogen-bond acceptors (Lipinski definition) is 2. The van der Waals surface area contributed by atoms with E-state index in [1.54, 1.807) is 0 Å². The van der Waals surface area contributed by atoms with Crippen LogP contribution < -0.4 is 15.4 Å². The number of aryl methyl sites for hydroxylation is 1. The lowest BCUT2D eigenvalue weighted by atomic mass is 9.87. The first kappa shape index (κ1) is 18.7. The summed E-state index contributed by atoms with van der Waals surface area (Å²) in [6.45, 7) is 6.19. The maximum atomic E-state index is 5.69. The summed E-state index contributed by atoms with van der Waals surface area (Å²) in [5.74, 6) is 0.872. The molecule has 0 radical (unpaired) electrons. The monoisotopic (exact) mass is 368 g/mol. The van der Waals surface area contributed by atoms with Crippen LogP contribution in [-0.4, -0.2) is 11.2 Å². The Hall–Kier alpha value is -2.07. The second kappa shape index (κ2) is 8.09. The van der Waals surface area contributed by atoms with Gasteiger partial charge in [-0.2, -0.15) is 0 Å². The van der Waals surface area contributed by atoms with Gasteiger partial charge in [-0.15, -0.1) is 0 Å². The lowest BCUT2D eigenvalue weighted by Gasteiger charge is -2.33. The van der Waals surface area contributed by atoms with E-state index >= 15 is 0 Å². The molecule has 0 aromatic heterocycles. The second-order valence-corrected chi connectivity index (χ2v) is 7.84. The second-order valence-electron chi connectivity index (χ2n) is 7.43. The van der Waals surface area contributed by atoms with Gasteiger partial charge in [0.15, 0.2) is 5.11 Å². The fourth-order valence-corrected chi connectivity index (χ4v) is 3.99. The first-order valence-corrected chi connectivity index (χ1v) is 9.81. The van der Waals surface area contributed by atoms with Crippen molar-refractivity contribution in [2.75, 3.05) is 5.32 Å². The number of nitrogens with one attached hydrogen (secondary N) is 2. The van der Waals surface area contributed by atoms with Crippen LogP contribution in [0.3, 0.4) is 0 Å². The van der Waals surface area contributed by atoms with Crippen molar-refractivity contribution in [2.24, 2.45) is 0 Å². The molecule has 2 N–H and O–H groups in total. The van der Waals surface area contributed by atoms with Gasteiger partial charge in [-0.3, -0.25) is 0 Å². The Morgan fingerprint density at radius 2 is 1.77 bits per heavy atom. The Labute approximate surface area is 162 Å². The molecule has 0 atom stereocenters. The molecule has 26 heavy (non-hydrogen) atoms. The van der Waals surface area contributed by atoms with E-state index in [9.17, 15) is 0 Å². The topological polar surface area (TPSA) is 33.3 Å². The predicted octanol–water partition coefficient (Wildman–Crippen LogP) is 5.54. The minimum absolute atomic E-state index is 0.0587. The average molecular weight is 369 g/mol. The van der Waals surface area contributed by atoms with Gasteiger partial charge < -0.3 is 15.4 Å². The quantitative estimate of drug-likeness (QED) is 0.679. The first-order chi connectivity index (χ1) is 12.5. The van der Waals surface area contributed by atoms with Crippen LogP contribution in [0.1, 0.15) is 50.7 Å². The molecule has 0 bridgehead atoms. The summed E-state index contributed by atoms with van der Waals surface area (Å²) in [5.41, 5.74) is 3.53. The highest BCUT2D eigenvalue weighted by atomic mass is 32.1. The van der Waals surface area contributed by atoms with Gasteiger partial charge in [0.1, 0.15) is 5.75 Å². The Bertz CT molecular complexity index is 749. The molecule has 2 aromatic rings. The van der Waals surface area contributed by atoms with Gasteiger partial charge in [0, 0.05) is 5.69 Å². The van der Waals surface area contributed by atoms with Crippen LogP contribution in [0, 0.1) is 6.92 Å². The summed E-state index contributed by atoms with van der Waals surface area (Å²) >= 11 is 5.63. The van der Waals surface area contributed by atoms with Crippen LogP contribution in [0.4, 0.5) is 5.69 Å². The number of hydrogen-bond donors (Lipinski definition) is 2. The van der Waals surface area contributed by atoms with E-state index in [1.807, 2.05) is 38.1 Å². The zero-order valence-corrected chi connectivity index (χ0v) is 16.7. The van der Waals surface area contributed by atoms with Crippen LogP contribution in [0.15, 0.2) is 48.5 Å². The van der Waals surface area contributed by atoms with E-state index in [2.05, 4.69) is 41.8 Å². The molecular weight excluding hydrogens is 340 g/mol. The molecule has 0 aliphatic heterocycles. The minimum Gasteiger partial charge on any atom is -0.491 e. The van der Waals surface area contributed by atoms with Gasteiger partial charge in [0.2, 0.25) is 0 Å². The fraction of sp³-hybridized carbons (Fsp3) is 0.409. The Balaban J connectivity index is 1.69. The van der Waals surface area contributed by atoms with Crippen LogP contribution in [0.2, 0.25) is 0 Å². The number of ether oxygens (including phenoxy) is 1. The largest absolute Gasteiger partial charge is 0.491 e. The number of benzene rings is 2. The third kappa shape index (κ3) is 4.55. The minimum atomic E-state index is -0.0587. The van der Waals surface area contributed by atoms with E-state index in [4.69, 9.17) is 17.0 Å². The zero-order chi connectivity index (χ0) is 18.6. The zero-order valence-electron chi connectivity index (χ0n) is 15.8. The molecule has 2 aromatic carbocycles. The molecular formula is C22H28N2OS. The third-order valence-corrected chi connectivity index (χ3v) is 5.07. The molecule has 3 rings (SSSR count). The van der Waals surface area contributed by atoms with Crippen LogP contribution in [0.5, 0.6) is 5.75 Å². The Morgan fingerprint density at radius 3 is 2.38 bits per heavy atom. The van der Waals surface area contributed by atoms with Crippen molar-refractivity contribution in [3.63, 3.8) is 0 Å². The number of rotatable bonds is 5. The van der Waals surface area contributed by atoms with Gasteiger partial charge in [-0.25, -0.2) is 0 Å². The van der Waals surface area contributed by atoms with E-state index in [-0.39, 0.29) is 11.6 Å². The van der Waals surface area contributed by atoms with Crippen molar-refractivity contribution >= 4 is 23.0 Å². The number of anilines is 1. The highest BCUT2D eigenvalue weighted by Crippen LogP contribution is 2.39. The summed E-state index contributed by atoms with van der Waals surface area (Å²) in [6.07, 6.45) is 4.85. The van der Waals surface area contributed by atoms with Gasteiger partial charge in [-0.05, 0) is 75.7 Å². The fourth-order valence-electron chi connectivity index (χ4n) is 3.68. The van der Waals surface area contributed by atoms with Crippen molar-refractivity contribution < 1.29 is 4.74 Å². The number of thiocarbonyl (C=S) groups is 1. The third-order valence-electron chi connectivity index (χ3n) is 4.86. The van der Waals surface area contributed by atoms with Crippen LogP contribution in [0.25, 0.3) is 0 Å². The molecule has 0 saturated heterocycles. The summed E-state index contributed by atoms with van der Waals surface area (Å²) in [7, 11) is 0. The van der Waals surface area contributed by atoms with Crippen molar-refractivity contribution in [1.29, 1.82) is 0 Å². The van der Waals surface area contributed by atoms with E-state index < -0.39 is 0 Å². The Kier molecular flexibility index (Phi) is 5.82. The van der Waals surface area contributed by atoms with Crippen LogP contribution >= 0.6 is 12.2 Å². The average Bonchev–Trinajstić information content (AvgIpc) is 3.06. The van der Waals surface area contributed by atoms with Gasteiger partial charge in [-0.1, -0.05) is 42.7 Å². The maximum Gasteiger partial charge on any atom is 0.171 e. The molecule has 1 aliphatic rings. The summed E-state index contributed by atoms with van der Waals surface area (Å²) in [6, 6.07) is 16.7. The normalized spacial score (nSPS) is 15.7. The maximum absolute atomic E-state index is 5.69. The van der Waals surface area contributed by atoms with Gasteiger partial charge >= 0.3 is 0 Å². The molecule has 0 amide bonds. The van der Waals surface area contributed by atoms with E-state index in [0.717, 1.165) is 24.3 Å². The van der Waals surface area contributed by atoms with Gasteiger partial charge in [0.05, 0.1) is 11.6 Å². The molecule has 138 valence electrons. The molecule has 1 saturated carbocycles. The highest BCUT2D eigenvalue weighted by Gasteiger charge is 2.36. The molecule has 3 nitrogen and oxygen atoms in total. The molecule has 4 heteroatoms. The SMILES string of the molecule is Cc1cccc(C2(NC(=S)Nc3ccc(OC(C)C)cc3)CCCC2)c1. The molecule has 0 unspecified atom stereocenters. The molecule has 0 spiro atoms. The standard InChI is InChI=1S/C22H28N2OS/c1-16(2)25-20-11-9-19(10-12-20)23-21(26)24-22(13-4-5-14-22)18-8-6-7-17(3)15-18/h6-12,15-16H,4-5,13-14H2,1-3H3,(H2,23,24,26). The van der Waals surface area contributed by atoms with Crippen molar-refractivity contribution in [1.82, 2.24) is 5.32 Å². The van der Waals surface area contributed by atoms with E-state index in [0.29, 0.717) is 5.11 Å². The first-order valence-electron chi connectivity index (χ1n) is 9.40. The van der Waals surface area contributed by atoms with Crippen molar-refractivity contribution in [3.05, 3.63) is 59.7 Å². The van der Waals surface area contributed by atoms with Gasteiger partial charge in [0.25, 0.3) is 0 Å². The summed E-state index contributed by atoms with van der Waals surface area (Å²) in [4.78, 5) is 0. The molecule has 1 aliphatic carbocycles. The Morgan fingerprint density at radius 1 is 1.08 bits per heavy atom. The lowest BCUT2D eigenvalue weighted by molar-refractivity contribution is 0.242. The summed E-state index contributed by atoms with van der Waals surface area (Å²) < 4.78 is 5.69. The summed E-state index contributed by atoms with van der Waals surface area (Å²) in [5, 5.41) is 7.62. The lowest BCUT2D eigenvalue weighted by Crippen LogP contribution is -2.45. The van der Waals surface area contributed by atoms with Crippen molar-refractivity contribution in [3.8, 4) is 5.75 Å².